The molecule has 11 heavy (non-hydrogen) atoms. The summed E-state index contributed by atoms with van der Waals surface area (Å²) in [6, 6.07) is 1.56. The largest absolute Gasteiger partial charge is 0.480 e. The number of carbonyl (C=O) groups is 1. The number of hydrogen-bond donors (Lipinski definition) is 1. The number of aromatic hydroxyl groups is 1. The molecule has 0 aliphatic heterocycles. The molecule has 1 heterocycles. The molecule has 0 saturated carbocycles. The molecule has 0 aliphatic rings. The van der Waals surface area contributed by atoms with Gasteiger partial charge in [-0.2, -0.15) is 0 Å². The van der Waals surface area contributed by atoms with Crippen molar-refractivity contribution in [1.82, 2.24) is 0 Å². The van der Waals surface area contributed by atoms with E-state index in [0.29, 0.717) is 11.8 Å². The molecule has 3 heteroatoms. The van der Waals surface area contributed by atoms with Gasteiger partial charge in [-0.05, 0) is 12.5 Å². The van der Waals surface area contributed by atoms with E-state index in [0.717, 1.165) is 12.8 Å². The standard InChI is InChI=1S/C8H10O3/c1-2-3-6-4-7(5-9)11-8(6)10/h4-5,10H,2-3H2,1H3. The van der Waals surface area contributed by atoms with Gasteiger partial charge in [0.15, 0.2) is 12.0 Å². The molecule has 0 amide bonds. The van der Waals surface area contributed by atoms with Gasteiger partial charge in [-0.25, -0.2) is 0 Å². The van der Waals surface area contributed by atoms with E-state index in [4.69, 9.17) is 9.52 Å². The van der Waals surface area contributed by atoms with Crippen LogP contribution in [0, 0.1) is 0 Å². The second kappa shape index (κ2) is 3.23. The lowest BCUT2D eigenvalue weighted by atomic mass is 10.2. The van der Waals surface area contributed by atoms with Crippen molar-refractivity contribution in [1.29, 1.82) is 0 Å². The lowest BCUT2D eigenvalue weighted by Crippen LogP contribution is -1.77. The Balaban J connectivity index is 2.87. The van der Waals surface area contributed by atoms with Gasteiger partial charge in [-0.15, -0.1) is 0 Å². The molecule has 0 spiro atoms. The molecule has 0 radical (unpaired) electrons. The van der Waals surface area contributed by atoms with Crippen LogP contribution in [0.3, 0.4) is 0 Å². The first kappa shape index (κ1) is 7.85. The van der Waals surface area contributed by atoms with E-state index in [9.17, 15) is 4.79 Å². The second-order valence-electron chi connectivity index (χ2n) is 2.35. The highest BCUT2D eigenvalue weighted by molar-refractivity contribution is 5.71. The van der Waals surface area contributed by atoms with Crippen molar-refractivity contribution in [3.63, 3.8) is 0 Å². The number of rotatable bonds is 3. The van der Waals surface area contributed by atoms with Crippen molar-refractivity contribution in [2.45, 2.75) is 19.8 Å². The second-order valence-corrected chi connectivity index (χ2v) is 2.35. The van der Waals surface area contributed by atoms with Crippen LogP contribution >= 0.6 is 0 Å². The molecule has 3 nitrogen and oxygen atoms in total. The zero-order valence-electron chi connectivity index (χ0n) is 6.33. The Morgan fingerprint density at radius 3 is 2.91 bits per heavy atom. The molecule has 0 aliphatic carbocycles. The summed E-state index contributed by atoms with van der Waals surface area (Å²) in [6.45, 7) is 1.99. The molecule has 0 atom stereocenters. The Bertz CT molecular complexity index is 250. The van der Waals surface area contributed by atoms with Crippen molar-refractivity contribution in [3.8, 4) is 5.95 Å². The number of furan rings is 1. The van der Waals surface area contributed by atoms with Gasteiger partial charge in [0.2, 0.25) is 0 Å². The predicted octanol–water partition coefficient (Wildman–Crippen LogP) is 1.75. The summed E-state index contributed by atoms with van der Waals surface area (Å²) in [5, 5.41) is 9.07. The van der Waals surface area contributed by atoms with Gasteiger partial charge in [0.05, 0.1) is 0 Å². The lowest BCUT2D eigenvalue weighted by Gasteiger charge is -1.89. The average molecular weight is 154 g/mol. The maximum atomic E-state index is 10.2. The van der Waals surface area contributed by atoms with E-state index >= 15 is 0 Å². The van der Waals surface area contributed by atoms with Crippen molar-refractivity contribution in [2.24, 2.45) is 0 Å². The minimum atomic E-state index is -0.131. The summed E-state index contributed by atoms with van der Waals surface area (Å²) in [6.07, 6.45) is 2.24. The quantitative estimate of drug-likeness (QED) is 0.675. The SMILES string of the molecule is CCCc1cc(C=O)oc1O. The Kier molecular flexibility index (Phi) is 2.31. The van der Waals surface area contributed by atoms with Gasteiger partial charge >= 0.3 is 0 Å². The van der Waals surface area contributed by atoms with E-state index in [1.165, 1.54) is 0 Å². The highest BCUT2D eigenvalue weighted by Gasteiger charge is 2.07. The third-order valence-corrected chi connectivity index (χ3v) is 1.44. The normalized spacial score (nSPS) is 9.91. The molecule has 1 aromatic heterocycles. The first-order chi connectivity index (χ1) is 5.27. The van der Waals surface area contributed by atoms with E-state index in [1.807, 2.05) is 6.92 Å². The number of aryl methyl sites for hydroxylation is 1. The van der Waals surface area contributed by atoms with Crippen LogP contribution < -0.4 is 0 Å². The van der Waals surface area contributed by atoms with Crippen molar-refractivity contribution in [3.05, 3.63) is 17.4 Å². The highest BCUT2D eigenvalue weighted by atomic mass is 16.5. The number of aldehydes is 1. The van der Waals surface area contributed by atoms with Gasteiger partial charge in [-0.3, -0.25) is 4.79 Å². The molecule has 0 bridgehead atoms. The summed E-state index contributed by atoms with van der Waals surface area (Å²) >= 11 is 0. The minimum Gasteiger partial charge on any atom is -0.480 e. The Labute approximate surface area is 64.6 Å². The summed E-state index contributed by atoms with van der Waals surface area (Å²) in [5.41, 5.74) is 0.703. The molecular weight excluding hydrogens is 144 g/mol. The first-order valence-corrected chi connectivity index (χ1v) is 3.54. The van der Waals surface area contributed by atoms with Gasteiger partial charge < -0.3 is 9.52 Å². The fourth-order valence-electron chi connectivity index (χ4n) is 0.947. The zero-order valence-corrected chi connectivity index (χ0v) is 6.33. The highest BCUT2D eigenvalue weighted by Crippen LogP contribution is 2.21. The van der Waals surface area contributed by atoms with Crippen LogP contribution in [0.1, 0.15) is 29.5 Å². The molecule has 60 valence electrons. The fourth-order valence-corrected chi connectivity index (χ4v) is 0.947. The maximum Gasteiger partial charge on any atom is 0.285 e. The van der Waals surface area contributed by atoms with E-state index in [-0.39, 0.29) is 11.7 Å². The Morgan fingerprint density at radius 2 is 2.45 bits per heavy atom. The molecule has 1 N–H and O–H groups in total. The summed E-state index contributed by atoms with van der Waals surface area (Å²) < 4.78 is 4.70. The van der Waals surface area contributed by atoms with Crippen LogP contribution in [-0.2, 0) is 6.42 Å². The average Bonchev–Trinajstić information content (AvgIpc) is 2.33. The summed E-state index contributed by atoms with van der Waals surface area (Å²) in [5.74, 6) is 0.0555. The molecule has 1 rings (SSSR count). The topological polar surface area (TPSA) is 50.4 Å². The predicted molar refractivity (Wildman–Crippen MR) is 39.8 cm³/mol. The van der Waals surface area contributed by atoms with E-state index in [1.54, 1.807) is 6.07 Å². The van der Waals surface area contributed by atoms with Crippen LogP contribution in [0.4, 0.5) is 0 Å². The smallest absolute Gasteiger partial charge is 0.285 e. The minimum absolute atomic E-state index is 0.131. The van der Waals surface area contributed by atoms with Crippen molar-refractivity contribution >= 4 is 6.29 Å². The summed E-state index contributed by atoms with van der Waals surface area (Å²) in [7, 11) is 0. The fraction of sp³-hybridized carbons (Fsp3) is 0.375. The molecular formula is C8H10O3. The van der Waals surface area contributed by atoms with Crippen LogP contribution in [0.5, 0.6) is 5.95 Å². The molecule has 0 fully saturated rings. The zero-order chi connectivity index (χ0) is 8.27. The monoisotopic (exact) mass is 154 g/mol. The summed E-state index contributed by atoms with van der Waals surface area (Å²) in [4.78, 5) is 10.2. The number of carbonyl (C=O) groups excluding carboxylic acids is 1. The van der Waals surface area contributed by atoms with Gasteiger partial charge in [0.1, 0.15) is 0 Å². The van der Waals surface area contributed by atoms with E-state index in [2.05, 4.69) is 0 Å². The molecule has 1 aromatic rings. The van der Waals surface area contributed by atoms with Crippen LogP contribution in [-0.4, -0.2) is 11.4 Å². The van der Waals surface area contributed by atoms with Crippen molar-refractivity contribution < 1.29 is 14.3 Å². The molecule has 0 aromatic carbocycles. The molecule has 0 unspecified atom stereocenters. The van der Waals surface area contributed by atoms with Gasteiger partial charge in [-0.1, -0.05) is 13.3 Å². The number of hydrogen-bond acceptors (Lipinski definition) is 3. The third kappa shape index (κ3) is 1.61. The van der Waals surface area contributed by atoms with Crippen LogP contribution in [0.2, 0.25) is 0 Å². The van der Waals surface area contributed by atoms with Gasteiger partial charge in [0.25, 0.3) is 5.95 Å². The van der Waals surface area contributed by atoms with Crippen LogP contribution in [0.25, 0.3) is 0 Å². The Hall–Kier alpha value is -1.25. The van der Waals surface area contributed by atoms with Crippen LogP contribution in [0.15, 0.2) is 10.5 Å². The Morgan fingerprint density at radius 1 is 1.73 bits per heavy atom. The maximum absolute atomic E-state index is 10.2. The molecule has 0 saturated heterocycles. The van der Waals surface area contributed by atoms with Crippen molar-refractivity contribution in [2.75, 3.05) is 0 Å². The van der Waals surface area contributed by atoms with E-state index < -0.39 is 0 Å². The third-order valence-electron chi connectivity index (χ3n) is 1.44. The first-order valence-electron chi connectivity index (χ1n) is 3.54. The van der Waals surface area contributed by atoms with Gasteiger partial charge in [0, 0.05) is 5.56 Å². The lowest BCUT2D eigenvalue weighted by molar-refractivity contribution is 0.109.